The Bertz CT molecular complexity index is 822. The lowest BCUT2D eigenvalue weighted by Crippen LogP contribution is -2.30. The van der Waals surface area contributed by atoms with Crippen LogP contribution in [0.25, 0.3) is 0 Å². The fraction of sp³-hybridized carbons (Fsp3) is 0.421. The van der Waals surface area contributed by atoms with Gasteiger partial charge in [-0.15, -0.1) is 0 Å². The second-order valence-corrected chi connectivity index (χ2v) is 6.40. The number of esters is 1. The predicted octanol–water partition coefficient (Wildman–Crippen LogP) is 3.76. The minimum absolute atomic E-state index is 0.0452. The molecule has 3 rings (SSSR count). The number of rotatable bonds is 6. The molecule has 0 spiro atoms. The molecule has 7 nitrogen and oxygen atoms in total. The first-order chi connectivity index (χ1) is 13.4. The molecule has 1 aromatic heterocycles. The average Bonchev–Trinajstić information content (AvgIpc) is 2.68. The topological polar surface area (TPSA) is 82.6 Å². The Morgan fingerprint density at radius 3 is 2.50 bits per heavy atom. The van der Waals surface area contributed by atoms with Crippen LogP contribution < -0.4 is 10.1 Å². The molecule has 150 valence electrons. The SMILES string of the molecule is COC(=O)c1c(NC2CCOCC2)nc(C(C)(F)F)nc1Oc1ccccc1. The number of alkyl halides is 2. The third kappa shape index (κ3) is 4.72. The van der Waals surface area contributed by atoms with E-state index in [0.29, 0.717) is 38.7 Å². The standard InChI is InChI=1S/C19H21F2N3O4/c1-19(20,21)18-23-15(22-12-8-10-27-11-9-12)14(17(25)26-2)16(24-18)28-13-6-4-3-5-7-13/h3-7,12H,8-11H2,1-2H3,(H,22,23,24). The fourth-order valence-electron chi connectivity index (χ4n) is 2.74. The van der Waals surface area contributed by atoms with Gasteiger partial charge < -0.3 is 19.5 Å². The van der Waals surface area contributed by atoms with Crippen molar-refractivity contribution >= 4 is 11.8 Å². The van der Waals surface area contributed by atoms with E-state index in [4.69, 9.17) is 14.2 Å². The van der Waals surface area contributed by atoms with Gasteiger partial charge in [-0.1, -0.05) is 18.2 Å². The van der Waals surface area contributed by atoms with Crippen LogP contribution in [0.1, 0.15) is 35.9 Å². The van der Waals surface area contributed by atoms with Gasteiger partial charge in [0.15, 0.2) is 5.56 Å². The molecule has 1 N–H and O–H groups in total. The zero-order chi connectivity index (χ0) is 20.1. The molecule has 0 saturated carbocycles. The highest BCUT2D eigenvalue weighted by Crippen LogP contribution is 2.34. The molecule has 1 aromatic carbocycles. The van der Waals surface area contributed by atoms with Gasteiger partial charge >= 0.3 is 11.9 Å². The van der Waals surface area contributed by atoms with Crippen LogP contribution >= 0.6 is 0 Å². The Kier molecular flexibility index (Phi) is 6.03. The van der Waals surface area contributed by atoms with Crippen molar-refractivity contribution in [2.24, 2.45) is 0 Å². The number of aromatic nitrogens is 2. The van der Waals surface area contributed by atoms with Crippen LogP contribution in [0, 0.1) is 0 Å². The third-order valence-corrected chi connectivity index (χ3v) is 4.18. The smallest absolute Gasteiger partial charge is 0.347 e. The first-order valence-electron chi connectivity index (χ1n) is 8.84. The zero-order valence-corrected chi connectivity index (χ0v) is 15.6. The summed E-state index contributed by atoms with van der Waals surface area (Å²) in [7, 11) is 1.19. The lowest BCUT2D eigenvalue weighted by Gasteiger charge is -2.25. The van der Waals surface area contributed by atoms with Crippen molar-refractivity contribution in [1.82, 2.24) is 9.97 Å². The minimum atomic E-state index is -3.32. The molecule has 0 amide bonds. The van der Waals surface area contributed by atoms with Gasteiger partial charge in [-0.3, -0.25) is 0 Å². The van der Waals surface area contributed by atoms with E-state index in [1.165, 1.54) is 7.11 Å². The second-order valence-electron chi connectivity index (χ2n) is 6.40. The maximum Gasteiger partial charge on any atom is 0.347 e. The fourth-order valence-corrected chi connectivity index (χ4v) is 2.74. The molecule has 9 heteroatoms. The monoisotopic (exact) mass is 393 g/mol. The zero-order valence-electron chi connectivity index (χ0n) is 15.6. The molecule has 0 atom stereocenters. The Labute approximate surface area is 161 Å². The molecule has 28 heavy (non-hydrogen) atoms. The van der Waals surface area contributed by atoms with E-state index in [-0.39, 0.29) is 23.3 Å². The Morgan fingerprint density at radius 2 is 1.89 bits per heavy atom. The number of anilines is 1. The van der Waals surface area contributed by atoms with E-state index in [0.717, 1.165) is 0 Å². The quantitative estimate of drug-likeness (QED) is 0.748. The maximum absolute atomic E-state index is 14.0. The maximum atomic E-state index is 14.0. The van der Waals surface area contributed by atoms with Gasteiger partial charge in [-0.25, -0.2) is 9.78 Å². The average molecular weight is 393 g/mol. The highest BCUT2D eigenvalue weighted by molar-refractivity contribution is 5.97. The lowest BCUT2D eigenvalue weighted by molar-refractivity contribution is 0.00709. The number of hydrogen-bond acceptors (Lipinski definition) is 7. The Balaban J connectivity index is 2.08. The van der Waals surface area contributed by atoms with Crippen LogP contribution in [0.5, 0.6) is 11.6 Å². The Hall–Kier alpha value is -2.81. The highest BCUT2D eigenvalue weighted by Gasteiger charge is 2.34. The van der Waals surface area contributed by atoms with Gasteiger partial charge in [0.1, 0.15) is 11.6 Å². The van der Waals surface area contributed by atoms with Crippen molar-refractivity contribution < 1.29 is 27.8 Å². The number of carbonyl (C=O) groups excluding carboxylic acids is 1. The van der Waals surface area contributed by atoms with Gasteiger partial charge in [0.25, 0.3) is 0 Å². The summed E-state index contributed by atoms with van der Waals surface area (Å²) in [6, 6.07) is 8.36. The van der Waals surface area contributed by atoms with Crippen molar-refractivity contribution in [3.05, 3.63) is 41.7 Å². The van der Waals surface area contributed by atoms with E-state index in [9.17, 15) is 13.6 Å². The molecule has 1 fully saturated rings. The Morgan fingerprint density at radius 1 is 1.21 bits per heavy atom. The molecule has 1 saturated heterocycles. The van der Waals surface area contributed by atoms with Crippen LogP contribution in [0.3, 0.4) is 0 Å². The number of methoxy groups -OCH3 is 1. The van der Waals surface area contributed by atoms with Crippen LogP contribution in [-0.2, 0) is 15.4 Å². The molecule has 0 unspecified atom stereocenters. The van der Waals surface area contributed by atoms with E-state index in [1.54, 1.807) is 30.3 Å². The number of hydrogen-bond donors (Lipinski definition) is 1. The van der Waals surface area contributed by atoms with Crippen LogP contribution in [0.4, 0.5) is 14.6 Å². The normalized spacial score (nSPS) is 15.1. The number of para-hydroxylation sites is 1. The van der Waals surface area contributed by atoms with Crippen molar-refractivity contribution in [3.63, 3.8) is 0 Å². The van der Waals surface area contributed by atoms with E-state index < -0.39 is 17.7 Å². The largest absolute Gasteiger partial charge is 0.465 e. The summed E-state index contributed by atoms with van der Waals surface area (Å²) in [6.07, 6.45) is 1.30. The summed E-state index contributed by atoms with van der Waals surface area (Å²) < 4.78 is 43.8. The van der Waals surface area contributed by atoms with E-state index in [1.807, 2.05) is 0 Å². The van der Waals surface area contributed by atoms with Gasteiger partial charge in [0.2, 0.25) is 11.7 Å². The summed E-state index contributed by atoms with van der Waals surface area (Å²) in [6.45, 7) is 1.74. The molecular formula is C19H21F2N3O4. The molecule has 0 bridgehead atoms. The van der Waals surface area contributed by atoms with Crippen molar-refractivity contribution in [3.8, 4) is 11.6 Å². The van der Waals surface area contributed by atoms with Gasteiger partial charge in [0.05, 0.1) is 7.11 Å². The number of halogens is 2. The summed E-state index contributed by atoms with van der Waals surface area (Å²) in [5, 5.41) is 3.06. The van der Waals surface area contributed by atoms with Gasteiger partial charge in [-0.2, -0.15) is 13.8 Å². The van der Waals surface area contributed by atoms with Crippen molar-refractivity contribution in [1.29, 1.82) is 0 Å². The number of ether oxygens (including phenoxy) is 3. The number of nitrogens with one attached hydrogen (secondary N) is 1. The number of nitrogens with zero attached hydrogens (tertiary/aromatic N) is 2. The summed E-state index contributed by atoms with van der Waals surface area (Å²) in [5.74, 6) is -4.86. The predicted molar refractivity (Wildman–Crippen MR) is 96.9 cm³/mol. The van der Waals surface area contributed by atoms with Gasteiger partial charge in [0, 0.05) is 26.2 Å². The van der Waals surface area contributed by atoms with Crippen molar-refractivity contribution in [2.75, 3.05) is 25.6 Å². The molecule has 2 heterocycles. The molecule has 0 aliphatic carbocycles. The third-order valence-electron chi connectivity index (χ3n) is 4.18. The summed E-state index contributed by atoms with van der Waals surface area (Å²) in [5.41, 5.74) is -0.133. The van der Waals surface area contributed by atoms with E-state index >= 15 is 0 Å². The second kappa shape index (κ2) is 8.47. The molecule has 0 radical (unpaired) electrons. The molecule has 1 aliphatic rings. The van der Waals surface area contributed by atoms with Crippen molar-refractivity contribution in [2.45, 2.75) is 31.7 Å². The first-order valence-corrected chi connectivity index (χ1v) is 8.84. The van der Waals surface area contributed by atoms with Crippen LogP contribution in [-0.4, -0.2) is 42.3 Å². The minimum Gasteiger partial charge on any atom is -0.465 e. The van der Waals surface area contributed by atoms with E-state index in [2.05, 4.69) is 15.3 Å². The number of benzene rings is 1. The van der Waals surface area contributed by atoms with Gasteiger partial charge in [-0.05, 0) is 25.0 Å². The molecular weight excluding hydrogens is 372 g/mol. The van der Waals surface area contributed by atoms with Crippen LogP contribution in [0.15, 0.2) is 30.3 Å². The lowest BCUT2D eigenvalue weighted by atomic mass is 10.1. The number of carbonyl (C=O) groups is 1. The summed E-state index contributed by atoms with van der Waals surface area (Å²) in [4.78, 5) is 20.1. The summed E-state index contributed by atoms with van der Waals surface area (Å²) >= 11 is 0. The van der Waals surface area contributed by atoms with Crippen LogP contribution in [0.2, 0.25) is 0 Å². The first kappa shape index (κ1) is 19.9. The molecule has 1 aliphatic heterocycles. The molecule has 2 aromatic rings. The highest BCUT2D eigenvalue weighted by atomic mass is 19.3.